The standard InChI is InChI=1S/C19H18N2O4/c1-21-7-5-13(14-4-6-20-10-15(14)19(21)23)12-8-17(24-2)16(11-22)18(9-12)25-3/h4-11,13H,1-3H3. The van der Waals surface area contributed by atoms with E-state index in [1.54, 1.807) is 37.8 Å². The number of hydrogen-bond donors (Lipinski definition) is 0. The first-order valence-electron chi connectivity index (χ1n) is 7.71. The van der Waals surface area contributed by atoms with E-state index in [0.717, 1.165) is 11.1 Å². The molecule has 1 amide bonds. The van der Waals surface area contributed by atoms with Crippen molar-refractivity contribution in [2.45, 2.75) is 5.92 Å². The molecule has 1 aromatic carbocycles. The summed E-state index contributed by atoms with van der Waals surface area (Å²) in [5.74, 6) is 0.537. The molecule has 0 radical (unpaired) electrons. The number of carbonyl (C=O) groups excluding carboxylic acids is 2. The van der Waals surface area contributed by atoms with Gasteiger partial charge in [-0.1, -0.05) is 6.08 Å². The maximum absolute atomic E-state index is 12.5. The van der Waals surface area contributed by atoms with Gasteiger partial charge in [0.25, 0.3) is 5.91 Å². The highest BCUT2D eigenvalue weighted by molar-refractivity contribution is 5.97. The van der Waals surface area contributed by atoms with Gasteiger partial charge in [-0.3, -0.25) is 14.6 Å². The predicted molar refractivity (Wildman–Crippen MR) is 92.2 cm³/mol. The van der Waals surface area contributed by atoms with Gasteiger partial charge in [-0.25, -0.2) is 0 Å². The molecule has 0 spiro atoms. The zero-order valence-electron chi connectivity index (χ0n) is 14.2. The van der Waals surface area contributed by atoms with Gasteiger partial charge < -0.3 is 14.4 Å². The van der Waals surface area contributed by atoms with E-state index in [-0.39, 0.29) is 11.8 Å². The molecule has 0 saturated heterocycles. The predicted octanol–water partition coefficient (Wildman–Crippen LogP) is 2.64. The summed E-state index contributed by atoms with van der Waals surface area (Å²) in [5.41, 5.74) is 2.58. The number of pyridine rings is 1. The molecule has 3 rings (SSSR count). The van der Waals surface area contributed by atoms with Crippen molar-refractivity contribution in [2.75, 3.05) is 21.3 Å². The Hall–Kier alpha value is -3.15. The van der Waals surface area contributed by atoms with E-state index in [2.05, 4.69) is 4.98 Å². The first-order valence-corrected chi connectivity index (χ1v) is 7.71. The fourth-order valence-corrected chi connectivity index (χ4v) is 2.98. The molecule has 1 aromatic heterocycles. The topological polar surface area (TPSA) is 68.7 Å². The largest absolute Gasteiger partial charge is 0.496 e. The Balaban J connectivity index is 2.22. The van der Waals surface area contributed by atoms with Crippen LogP contribution in [-0.4, -0.2) is 43.3 Å². The summed E-state index contributed by atoms with van der Waals surface area (Å²) >= 11 is 0. The Morgan fingerprint density at radius 3 is 2.48 bits per heavy atom. The average Bonchev–Trinajstić information content (AvgIpc) is 2.78. The van der Waals surface area contributed by atoms with Crippen LogP contribution in [0.25, 0.3) is 0 Å². The van der Waals surface area contributed by atoms with E-state index in [9.17, 15) is 9.59 Å². The minimum Gasteiger partial charge on any atom is -0.496 e. The molecular formula is C19H18N2O4. The second-order valence-electron chi connectivity index (χ2n) is 5.66. The van der Waals surface area contributed by atoms with Crippen LogP contribution in [-0.2, 0) is 0 Å². The first kappa shape index (κ1) is 16.7. The van der Waals surface area contributed by atoms with Gasteiger partial charge in [0.1, 0.15) is 11.5 Å². The van der Waals surface area contributed by atoms with Gasteiger partial charge >= 0.3 is 0 Å². The monoisotopic (exact) mass is 338 g/mol. The van der Waals surface area contributed by atoms with Crippen LogP contribution in [0.1, 0.15) is 37.8 Å². The highest BCUT2D eigenvalue weighted by Crippen LogP contribution is 2.37. The normalized spacial score (nSPS) is 16.2. The number of fused-ring (bicyclic) bond motifs is 1. The van der Waals surface area contributed by atoms with Crippen LogP contribution in [0.5, 0.6) is 11.5 Å². The van der Waals surface area contributed by atoms with Gasteiger partial charge in [0, 0.05) is 31.6 Å². The molecule has 1 atom stereocenters. The number of ether oxygens (including phenoxy) is 2. The average molecular weight is 338 g/mol. The zero-order chi connectivity index (χ0) is 18.0. The van der Waals surface area contributed by atoms with Crippen molar-refractivity contribution in [3.05, 3.63) is 65.1 Å². The molecule has 128 valence electrons. The number of hydrogen-bond acceptors (Lipinski definition) is 5. The third-order valence-electron chi connectivity index (χ3n) is 4.29. The highest BCUT2D eigenvalue weighted by atomic mass is 16.5. The summed E-state index contributed by atoms with van der Waals surface area (Å²) in [6, 6.07) is 5.41. The van der Waals surface area contributed by atoms with E-state index in [4.69, 9.17) is 9.47 Å². The van der Waals surface area contributed by atoms with Crippen LogP contribution in [0.2, 0.25) is 0 Å². The third kappa shape index (κ3) is 2.87. The summed E-state index contributed by atoms with van der Waals surface area (Å²) < 4.78 is 10.7. The zero-order valence-corrected chi connectivity index (χ0v) is 14.2. The minimum atomic E-state index is -0.199. The Kier molecular flexibility index (Phi) is 4.52. The fourth-order valence-electron chi connectivity index (χ4n) is 2.98. The van der Waals surface area contributed by atoms with Crippen LogP contribution in [0.3, 0.4) is 0 Å². The first-order chi connectivity index (χ1) is 12.1. The van der Waals surface area contributed by atoms with Crippen molar-refractivity contribution >= 4 is 12.2 Å². The molecule has 6 heteroatoms. The molecule has 0 N–H and O–H groups in total. The van der Waals surface area contributed by atoms with Gasteiger partial charge in [-0.05, 0) is 29.3 Å². The number of nitrogens with zero attached hydrogens (tertiary/aromatic N) is 2. The van der Waals surface area contributed by atoms with Gasteiger partial charge in [0.2, 0.25) is 0 Å². The van der Waals surface area contributed by atoms with Crippen LogP contribution in [0.4, 0.5) is 0 Å². The number of aldehydes is 1. The van der Waals surface area contributed by atoms with E-state index in [1.807, 2.05) is 12.1 Å². The molecule has 0 saturated carbocycles. The summed E-state index contributed by atoms with van der Waals surface area (Å²) in [7, 11) is 4.71. The van der Waals surface area contributed by atoms with Crippen molar-refractivity contribution in [2.24, 2.45) is 0 Å². The van der Waals surface area contributed by atoms with Gasteiger partial charge in [0.15, 0.2) is 6.29 Å². The third-order valence-corrected chi connectivity index (χ3v) is 4.29. The lowest BCUT2D eigenvalue weighted by Crippen LogP contribution is -2.20. The molecule has 0 fully saturated rings. The summed E-state index contributed by atoms with van der Waals surface area (Å²) in [6.45, 7) is 0. The van der Waals surface area contributed by atoms with E-state index < -0.39 is 0 Å². The minimum absolute atomic E-state index is 0.120. The maximum Gasteiger partial charge on any atom is 0.259 e. The van der Waals surface area contributed by atoms with Crippen molar-refractivity contribution in [1.82, 2.24) is 9.88 Å². The fraction of sp³-hybridized carbons (Fsp3) is 0.211. The van der Waals surface area contributed by atoms with E-state index in [0.29, 0.717) is 28.9 Å². The second-order valence-corrected chi connectivity index (χ2v) is 5.66. The van der Waals surface area contributed by atoms with Crippen molar-refractivity contribution in [3.63, 3.8) is 0 Å². The number of carbonyl (C=O) groups is 2. The van der Waals surface area contributed by atoms with Crippen LogP contribution >= 0.6 is 0 Å². The number of methoxy groups -OCH3 is 2. The summed E-state index contributed by atoms with van der Waals surface area (Å²) in [4.78, 5) is 29.5. The molecule has 6 nitrogen and oxygen atoms in total. The molecule has 0 aliphatic carbocycles. The molecule has 1 aliphatic heterocycles. The van der Waals surface area contributed by atoms with Gasteiger partial charge in [0.05, 0.1) is 25.3 Å². The molecule has 2 heterocycles. The number of aromatic nitrogens is 1. The lowest BCUT2D eigenvalue weighted by molar-refractivity contribution is 0.0850. The molecule has 25 heavy (non-hydrogen) atoms. The quantitative estimate of drug-likeness (QED) is 0.802. The van der Waals surface area contributed by atoms with Crippen molar-refractivity contribution < 1.29 is 19.1 Å². The van der Waals surface area contributed by atoms with Crippen molar-refractivity contribution in [1.29, 1.82) is 0 Å². The molecular weight excluding hydrogens is 320 g/mol. The smallest absolute Gasteiger partial charge is 0.259 e. The van der Waals surface area contributed by atoms with E-state index >= 15 is 0 Å². The highest BCUT2D eigenvalue weighted by Gasteiger charge is 2.25. The molecule has 1 unspecified atom stereocenters. The summed E-state index contributed by atoms with van der Waals surface area (Å²) in [5, 5.41) is 0. The van der Waals surface area contributed by atoms with Crippen LogP contribution in [0.15, 0.2) is 42.9 Å². The lowest BCUT2D eigenvalue weighted by Gasteiger charge is -2.18. The summed E-state index contributed by atoms with van der Waals surface area (Å²) in [6.07, 6.45) is 7.60. The maximum atomic E-state index is 12.5. The Morgan fingerprint density at radius 1 is 1.20 bits per heavy atom. The lowest BCUT2D eigenvalue weighted by atomic mass is 9.88. The SMILES string of the molecule is COc1cc(C2C=CN(C)C(=O)c3cnccc32)cc(OC)c1C=O. The Morgan fingerprint density at radius 2 is 1.88 bits per heavy atom. The van der Waals surface area contributed by atoms with Crippen molar-refractivity contribution in [3.8, 4) is 11.5 Å². The number of rotatable bonds is 4. The van der Waals surface area contributed by atoms with E-state index in [1.165, 1.54) is 19.1 Å². The van der Waals surface area contributed by atoms with Gasteiger partial charge in [-0.2, -0.15) is 0 Å². The van der Waals surface area contributed by atoms with Gasteiger partial charge in [-0.15, -0.1) is 0 Å². The number of benzene rings is 1. The van der Waals surface area contributed by atoms with Crippen LogP contribution in [0, 0.1) is 0 Å². The number of allylic oxidation sites excluding steroid dienone is 1. The van der Waals surface area contributed by atoms with Crippen LogP contribution < -0.4 is 9.47 Å². The Bertz CT molecular complexity index is 835. The Labute approximate surface area is 145 Å². The number of amides is 1. The second kappa shape index (κ2) is 6.76. The molecule has 2 aromatic rings. The molecule has 0 bridgehead atoms. The molecule has 1 aliphatic rings.